The Morgan fingerprint density at radius 1 is 1.00 bits per heavy atom. The normalized spacial score (nSPS) is 13.6. The maximum Gasteiger partial charge on any atom is 0.258 e. The van der Waals surface area contributed by atoms with E-state index in [4.69, 9.17) is 16.3 Å². The number of ether oxygens (including phenoxy) is 1. The second kappa shape index (κ2) is 12.8. The van der Waals surface area contributed by atoms with E-state index in [1.165, 1.54) is 17.4 Å². The minimum atomic E-state index is -0.399. The number of amides is 2. The summed E-state index contributed by atoms with van der Waals surface area (Å²) in [6.07, 6.45) is 1.19. The van der Waals surface area contributed by atoms with Crippen LogP contribution in [0.4, 0.5) is 15.8 Å². The van der Waals surface area contributed by atoms with Gasteiger partial charge in [0.25, 0.3) is 11.8 Å². The van der Waals surface area contributed by atoms with Crippen molar-refractivity contribution in [2.45, 2.75) is 32.8 Å². The average molecular weight is 666 g/mol. The summed E-state index contributed by atoms with van der Waals surface area (Å²) >= 11 is 7.71. The van der Waals surface area contributed by atoms with Crippen LogP contribution in [0.3, 0.4) is 0 Å². The Bertz CT molecular complexity index is 2040. The number of nitrogens with one attached hydrogen (secondary N) is 1. The molecule has 0 fully saturated rings. The van der Waals surface area contributed by atoms with E-state index in [1.54, 1.807) is 54.3 Å². The monoisotopic (exact) mass is 665 g/mol. The van der Waals surface area contributed by atoms with Crippen LogP contribution in [0.5, 0.6) is 0 Å². The molecular weight excluding hydrogens is 637 g/mol. The number of rotatable bonds is 6. The van der Waals surface area contributed by atoms with Crippen LogP contribution in [0.25, 0.3) is 10.4 Å². The lowest BCUT2D eigenvalue weighted by Crippen LogP contribution is -2.32. The van der Waals surface area contributed by atoms with Crippen LogP contribution in [0.1, 0.15) is 58.3 Å². The van der Waals surface area contributed by atoms with Crippen LogP contribution in [-0.4, -0.2) is 35.7 Å². The third-order valence-corrected chi connectivity index (χ3v) is 10.1. The molecule has 2 aliphatic rings. The molecule has 47 heavy (non-hydrogen) atoms. The molecule has 0 spiro atoms. The number of hydrogen-bond donors (Lipinski definition) is 1. The summed E-state index contributed by atoms with van der Waals surface area (Å²) in [6.45, 7) is 3.18. The summed E-state index contributed by atoms with van der Waals surface area (Å²) in [7, 11) is 0. The fourth-order valence-electron chi connectivity index (χ4n) is 6.05. The smallest absolute Gasteiger partial charge is 0.258 e. The predicted octanol–water partition coefficient (Wildman–Crippen LogP) is 7.86. The molecule has 0 aliphatic carbocycles. The van der Waals surface area contributed by atoms with E-state index in [0.29, 0.717) is 54.3 Å². The third kappa shape index (κ3) is 6.10. The lowest BCUT2D eigenvalue weighted by molar-refractivity contribution is 0.0982. The fourth-order valence-corrected chi connectivity index (χ4v) is 7.48. The second-order valence-corrected chi connectivity index (χ2v) is 13.0. The van der Waals surface area contributed by atoms with Gasteiger partial charge in [-0.1, -0.05) is 41.9 Å². The van der Waals surface area contributed by atoms with Gasteiger partial charge in [0.05, 0.1) is 29.3 Å². The van der Waals surface area contributed by atoms with Crippen LogP contribution < -0.4 is 10.2 Å². The largest absolute Gasteiger partial charge is 0.376 e. The van der Waals surface area contributed by atoms with Gasteiger partial charge in [-0.05, 0) is 78.6 Å². The Kier molecular flexibility index (Phi) is 8.44. The van der Waals surface area contributed by atoms with Gasteiger partial charge in [-0.15, -0.1) is 11.3 Å². The van der Waals surface area contributed by atoms with Crippen LogP contribution in [0.2, 0.25) is 5.15 Å². The predicted molar refractivity (Wildman–Crippen MR) is 181 cm³/mol. The summed E-state index contributed by atoms with van der Waals surface area (Å²) in [4.78, 5) is 47.8. The topological polar surface area (TPSA) is 88.6 Å². The average Bonchev–Trinajstić information content (AvgIpc) is 3.44. The number of anilines is 2. The highest BCUT2D eigenvalue weighted by Crippen LogP contribution is 2.42. The Labute approximate surface area is 280 Å². The molecule has 2 aliphatic heterocycles. The van der Waals surface area contributed by atoms with E-state index >= 15 is 0 Å². The Morgan fingerprint density at radius 3 is 2.62 bits per heavy atom. The summed E-state index contributed by atoms with van der Waals surface area (Å²) in [6, 6.07) is 22.8. The zero-order valence-electron chi connectivity index (χ0n) is 25.4. The first-order chi connectivity index (χ1) is 22.8. The minimum absolute atomic E-state index is 0.00713. The lowest BCUT2D eigenvalue weighted by atomic mass is 10.0. The van der Waals surface area contributed by atoms with Gasteiger partial charge >= 0.3 is 0 Å². The van der Waals surface area contributed by atoms with Gasteiger partial charge in [0.1, 0.15) is 11.0 Å². The molecule has 2 aromatic heterocycles. The first kappa shape index (κ1) is 30.9. The van der Waals surface area contributed by atoms with E-state index in [-0.39, 0.29) is 34.6 Å². The summed E-state index contributed by atoms with van der Waals surface area (Å²) in [5, 5.41) is 2.98. The fraction of sp³-hybridized carbons (Fsp3) is 0.189. The van der Waals surface area contributed by atoms with Crippen LogP contribution in [-0.2, 0) is 30.6 Å². The van der Waals surface area contributed by atoms with Crippen molar-refractivity contribution in [2.24, 2.45) is 0 Å². The third-order valence-electron chi connectivity index (χ3n) is 8.58. The first-order valence-electron chi connectivity index (χ1n) is 15.3. The maximum atomic E-state index is 14.5. The number of carbonyl (C=O) groups is 3. The molecule has 236 valence electrons. The molecule has 7 rings (SSSR count). The molecule has 2 amide bonds. The number of aromatic nitrogens is 1. The number of fused-ring (bicyclic) bond motifs is 4. The molecule has 0 saturated heterocycles. The molecule has 3 aromatic carbocycles. The highest BCUT2D eigenvalue weighted by Gasteiger charge is 2.28. The molecule has 0 unspecified atom stereocenters. The van der Waals surface area contributed by atoms with Gasteiger partial charge in [0.2, 0.25) is 0 Å². The number of Topliss-reactive ketones (excluding diaryl/α,β-unsaturated/α-hetero) is 1. The van der Waals surface area contributed by atoms with E-state index in [1.807, 2.05) is 30.3 Å². The van der Waals surface area contributed by atoms with Gasteiger partial charge in [-0.2, -0.15) is 0 Å². The molecule has 0 radical (unpaired) electrons. The van der Waals surface area contributed by atoms with Crippen molar-refractivity contribution in [1.29, 1.82) is 0 Å². The molecule has 7 nitrogen and oxygen atoms in total. The first-order valence-corrected chi connectivity index (χ1v) is 16.4. The Morgan fingerprint density at radius 2 is 1.81 bits per heavy atom. The van der Waals surface area contributed by atoms with Gasteiger partial charge in [0, 0.05) is 52.3 Å². The summed E-state index contributed by atoms with van der Waals surface area (Å²) in [5.74, 6) is -1.09. The number of carbonyl (C=O) groups excluding carboxylic acids is 3. The van der Waals surface area contributed by atoms with Crippen molar-refractivity contribution in [3.05, 3.63) is 134 Å². The molecule has 0 atom stereocenters. The summed E-state index contributed by atoms with van der Waals surface area (Å²) < 4.78 is 19.9. The van der Waals surface area contributed by atoms with E-state index in [2.05, 4.69) is 10.3 Å². The van der Waals surface area contributed by atoms with Crippen molar-refractivity contribution in [1.82, 2.24) is 4.98 Å². The number of aryl methyl sites for hydroxylation is 1. The molecular formula is C37H29ClFN3O4S. The number of pyridine rings is 1. The van der Waals surface area contributed by atoms with Crippen LogP contribution in [0, 0.1) is 12.7 Å². The van der Waals surface area contributed by atoms with Crippen LogP contribution in [0.15, 0.2) is 78.9 Å². The molecule has 10 heteroatoms. The number of thiophene rings is 1. The van der Waals surface area contributed by atoms with Crippen molar-refractivity contribution in [2.75, 3.05) is 23.4 Å². The number of nitrogens with zero attached hydrogens (tertiary/aromatic N) is 2. The standard InChI is InChI=1S/C37H29ClFN3O4S/c1-21-5-4-7-29(39)27(21)19-32(43)33-18-23-13-15-42(31-8-3-2-6-26(31)34(23)47-33)37(45)22-9-11-25(12-10-22)40-36(44)28-17-24-20-46-16-14-30(24)41-35(28)38/h2-12,17-18H,13-16,19-20H2,1H3,(H,40,44). The lowest BCUT2D eigenvalue weighted by Gasteiger charge is -2.23. The summed E-state index contributed by atoms with van der Waals surface area (Å²) in [5.41, 5.74) is 6.68. The number of benzene rings is 3. The van der Waals surface area contributed by atoms with E-state index < -0.39 is 5.91 Å². The molecule has 1 N–H and O–H groups in total. The Balaban J connectivity index is 1.09. The quantitative estimate of drug-likeness (QED) is 0.147. The van der Waals surface area contributed by atoms with Gasteiger partial charge < -0.3 is 15.0 Å². The second-order valence-electron chi connectivity index (χ2n) is 11.6. The highest BCUT2D eigenvalue weighted by atomic mass is 35.5. The molecule has 0 saturated carbocycles. The van der Waals surface area contributed by atoms with Crippen LogP contribution >= 0.6 is 22.9 Å². The zero-order chi connectivity index (χ0) is 32.7. The van der Waals surface area contributed by atoms with E-state index in [9.17, 15) is 18.8 Å². The van der Waals surface area contributed by atoms with E-state index in [0.717, 1.165) is 38.5 Å². The highest BCUT2D eigenvalue weighted by molar-refractivity contribution is 7.17. The minimum Gasteiger partial charge on any atom is -0.376 e. The van der Waals surface area contributed by atoms with Gasteiger partial charge in [0.15, 0.2) is 5.78 Å². The number of halogens is 2. The van der Waals surface area contributed by atoms with Crippen molar-refractivity contribution in [3.8, 4) is 10.4 Å². The van der Waals surface area contributed by atoms with Gasteiger partial charge in [-0.25, -0.2) is 9.37 Å². The Hall–Kier alpha value is -4.70. The molecule has 5 aromatic rings. The molecule has 0 bridgehead atoms. The number of hydrogen-bond acceptors (Lipinski definition) is 6. The maximum absolute atomic E-state index is 14.5. The number of ketones is 1. The number of para-hydroxylation sites is 1. The van der Waals surface area contributed by atoms with Gasteiger partial charge in [-0.3, -0.25) is 14.4 Å². The SMILES string of the molecule is Cc1cccc(F)c1CC(=O)c1cc2c(s1)-c1ccccc1N(C(=O)c1ccc(NC(=O)c3cc4c(nc3Cl)CCOC4)cc1)CC2. The van der Waals surface area contributed by atoms with Crippen molar-refractivity contribution >= 4 is 51.9 Å². The molecule has 4 heterocycles. The van der Waals surface area contributed by atoms with Crippen molar-refractivity contribution < 1.29 is 23.5 Å². The van der Waals surface area contributed by atoms with Crippen molar-refractivity contribution in [3.63, 3.8) is 0 Å². The zero-order valence-corrected chi connectivity index (χ0v) is 27.0.